The van der Waals surface area contributed by atoms with Crippen molar-refractivity contribution in [3.05, 3.63) is 17.8 Å². The number of anilines is 2. The van der Waals surface area contributed by atoms with Crippen molar-refractivity contribution >= 4 is 11.5 Å². The number of hydrogen-bond acceptors (Lipinski definition) is 3. The molecule has 0 radical (unpaired) electrons. The summed E-state index contributed by atoms with van der Waals surface area (Å²) in [6.45, 7) is 7.63. The van der Waals surface area contributed by atoms with Gasteiger partial charge in [-0.2, -0.15) is 0 Å². The highest BCUT2D eigenvalue weighted by molar-refractivity contribution is 5.67. The Kier molecular flexibility index (Phi) is 2.55. The van der Waals surface area contributed by atoms with Crippen molar-refractivity contribution in [1.82, 2.24) is 4.98 Å². The molecule has 1 aliphatic rings. The van der Waals surface area contributed by atoms with E-state index in [9.17, 15) is 0 Å². The number of rotatable bonds is 1. The lowest BCUT2D eigenvalue weighted by molar-refractivity contribution is 0.625. The Morgan fingerprint density at radius 2 is 2.20 bits per heavy atom. The van der Waals surface area contributed by atoms with Crippen LogP contribution in [0.2, 0.25) is 0 Å². The summed E-state index contributed by atoms with van der Waals surface area (Å²) in [6.07, 6.45) is 3.08. The molecule has 15 heavy (non-hydrogen) atoms. The fourth-order valence-corrected chi connectivity index (χ4v) is 2.38. The summed E-state index contributed by atoms with van der Waals surface area (Å²) in [5.74, 6) is 1.70. The summed E-state index contributed by atoms with van der Waals surface area (Å²) < 4.78 is 0. The molecular weight excluding hydrogens is 186 g/mol. The molecule has 0 aliphatic carbocycles. The minimum Gasteiger partial charge on any atom is -0.396 e. The monoisotopic (exact) mass is 205 g/mol. The third kappa shape index (κ3) is 1.78. The largest absolute Gasteiger partial charge is 0.396 e. The fourth-order valence-electron chi connectivity index (χ4n) is 2.38. The van der Waals surface area contributed by atoms with Crippen LogP contribution >= 0.6 is 0 Å². The zero-order chi connectivity index (χ0) is 11.0. The molecule has 2 rings (SSSR count). The molecule has 1 aliphatic heterocycles. The number of pyridine rings is 1. The average molecular weight is 205 g/mol. The zero-order valence-electron chi connectivity index (χ0n) is 9.70. The van der Waals surface area contributed by atoms with Crippen LogP contribution in [0.4, 0.5) is 11.5 Å². The van der Waals surface area contributed by atoms with Gasteiger partial charge in [-0.05, 0) is 37.8 Å². The van der Waals surface area contributed by atoms with Gasteiger partial charge in [-0.25, -0.2) is 4.98 Å². The minimum absolute atomic E-state index is 0.552. The normalized spacial score (nSPS) is 25.9. The molecule has 1 aromatic rings. The van der Waals surface area contributed by atoms with Crippen molar-refractivity contribution in [3.63, 3.8) is 0 Å². The van der Waals surface area contributed by atoms with Crippen LogP contribution in [0.25, 0.3) is 0 Å². The van der Waals surface area contributed by atoms with E-state index in [2.05, 4.69) is 23.7 Å². The van der Waals surface area contributed by atoms with Gasteiger partial charge in [0.1, 0.15) is 0 Å². The summed E-state index contributed by atoms with van der Waals surface area (Å²) in [7, 11) is 0. The summed E-state index contributed by atoms with van der Waals surface area (Å²) >= 11 is 0. The molecule has 2 unspecified atom stereocenters. The summed E-state index contributed by atoms with van der Waals surface area (Å²) in [6, 6.07) is 2.51. The highest BCUT2D eigenvalue weighted by Gasteiger charge is 2.28. The van der Waals surface area contributed by atoms with E-state index in [1.807, 2.05) is 19.2 Å². The molecule has 2 atom stereocenters. The molecule has 0 bridgehead atoms. The number of nitrogens with zero attached hydrogens (tertiary/aromatic N) is 2. The van der Waals surface area contributed by atoms with E-state index in [0.717, 1.165) is 29.5 Å². The molecule has 1 saturated heterocycles. The fraction of sp³-hybridized carbons (Fsp3) is 0.583. The first-order chi connectivity index (χ1) is 7.09. The van der Waals surface area contributed by atoms with Gasteiger partial charge in [-0.15, -0.1) is 0 Å². The summed E-state index contributed by atoms with van der Waals surface area (Å²) in [5, 5.41) is 0. The van der Waals surface area contributed by atoms with E-state index in [1.165, 1.54) is 6.42 Å². The van der Waals surface area contributed by atoms with Crippen molar-refractivity contribution in [3.8, 4) is 0 Å². The average Bonchev–Trinajstić information content (AvgIpc) is 2.50. The summed E-state index contributed by atoms with van der Waals surface area (Å²) in [4.78, 5) is 6.73. The number of aromatic nitrogens is 1. The second kappa shape index (κ2) is 3.72. The molecule has 0 aromatic carbocycles. The predicted molar refractivity (Wildman–Crippen MR) is 64.0 cm³/mol. The first-order valence-corrected chi connectivity index (χ1v) is 5.57. The SMILES string of the molecule is Cc1ccnc(N2CC(C)CC2C)c1N. The Morgan fingerprint density at radius 1 is 1.47 bits per heavy atom. The molecule has 1 fully saturated rings. The number of nitrogen functional groups attached to an aromatic ring is 1. The van der Waals surface area contributed by atoms with Crippen LogP contribution in [0, 0.1) is 12.8 Å². The smallest absolute Gasteiger partial charge is 0.152 e. The van der Waals surface area contributed by atoms with Crippen molar-refractivity contribution in [2.45, 2.75) is 33.2 Å². The molecule has 0 spiro atoms. The minimum atomic E-state index is 0.552. The molecule has 1 aromatic heterocycles. The standard InChI is InChI=1S/C12H19N3/c1-8-6-10(3)15(7-8)12-11(13)9(2)4-5-14-12/h4-5,8,10H,6-7,13H2,1-3H3. The molecule has 2 heterocycles. The van der Waals surface area contributed by atoms with E-state index in [0.29, 0.717) is 6.04 Å². The lowest BCUT2D eigenvalue weighted by Crippen LogP contribution is -2.28. The third-order valence-electron chi connectivity index (χ3n) is 3.24. The first-order valence-electron chi connectivity index (χ1n) is 5.57. The molecule has 3 nitrogen and oxygen atoms in total. The quantitative estimate of drug-likeness (QED) is 0.764. The van der Waals surface area contributed by atoms with Gasteiger partial charge in [0.2, 0.25) is 0 Å². The Hall–Kier alpha value is -1.25. The van der Waals surface area contributed by atoms with Gasteiger partial charge in [0, 0.05) is 18.8 Å². The summed E-state index contributed by atoms with van der Waals surface area (Å²) in [5.41, 5.74) is 8.02. The van der Waals surface area contributed by atoms with Gasteiger partial charge in [0.15, 0.2) is 5.82 Å². The van der Waals surface area contributed by atoms with Crippen LogP contribution in [0.15, 0.2) is 12.3 Å². The Labute approximate surface area is 91.3 Å². The van der Waals surface area contributed by atoms with Crippen LogP contribution in [0.5, 0.6) is 0 Å². The second-order valence-electron chi connectivity index (χ2n) is 4.71. The van der Waals surface area contributed by atoms with Gasteiger partial charge in [0.25, 0.3) is 0 Å². The van der Waals surface area contributed by atoms with Crippen LogP contribution in [-0.4, -0.2) is 17.6 Å². The lowest BCUT2D eigenvalue weighted by Gasteiger charge is -2.24. The highest BCUT2D eigenvalue weighted by Crippen LogP contribution is 2.31. The van der Waals surface area contributed by atoms with Crippen LogP contribution in [0.1, 0.15) is 25.8 Å². The van der Waals surface area contributed by atoms with Gasteiger partial charge >= 0.3 is 0 Å². The maximum absolute atomic E-state index is 6.07. The van der Waals surface area contributed by atoms with Crippen LogP contribution in [-0.2, 0) is 0 Å². The third-order valence-corrected chi connectivity index (χ3v) is 3.24. The number of nitrogens with two attached hydrogens (primary N) is 1. The molecule has 3 heteroatoms. The lowest BCUT2D eigenvalue weighted by atomic mass is 10.1. The van der Waals surface area contributed by atoms with Crippen molar-refractivity contribution in [2.24, 2.45) is 5.92 Å². The maximum Gasteiger partial charge on any atom is 0.152 e. The predicted octanol–water partition coefficient (Wildman–Crippen LogP) is 2.21. The van der Waals surface area contributed by atoms with Gasteiger partial charge in [-0.1, -0.05) is 6.92 Å². The van der Waals surface area contributed by atoms with E-state index in [1.54, 1.807) is 0 Å². The van der Waals surface area contributed by atoms with E-state index in [-0.39, 0.29) is 0 Å². The maximum atomic E-state index is 6.07. The first kappa shape index (κ1) is 10.3. The highest BCUT2D eigenvalue weighted by atomic mass is 15.2. The van der Waals surface area contributed by atoms with E-state index < -0.39 is 0 Å². The number of hydrogen-bond donors (Lipinski definition) is 1. The number of aryl methyl sites for hydroxylation is 1. The van der Waals surface area contributed by atoms with Gasteiger partial charge < -0.3 is 10.6 Å². The van der Waals surface area contributed by atoms with Gasteiger partial charge in [-0.3, -0.25) is 0 Å². The van der Waals surface area contributed by atoms with Crippen LogP contribution < -0.4 is 10.6 Å². The molecule has 2 N–H and O–H groups in total. The Balaban J connectivity index is 2.33. The molecule has 0 saturated carbocycles. The molecular formula is C12H19N3. The van der Waals surface area contributed by atoms with Gasteiger partial charge in [0.05, 0.1) is 5.69 Å². The van der Waals surface area contributed by atoms with E-state index >= 15 is 0 Å². The molecule has 0 amide bonds. The Morgan fingerprint density at radius 3 is 2.80 bits per heavy atom. The Bertz CT molecular complexity index is 362. The zero-order valence-corrected chi connectivity index (χ0v) is 9.70. The topological polar surface area (TPSA) is 42.2 Å². The molecule has 82 valence electrons. The van der Waals surface area contributed by atoms with Crippen molar-refractivity contribution in [2.75, 3.05) is 17.2 Å². The second-order valence-corrected chi connectivity index (χ2v) is 4.71. The van der Waals surface area contributed by atoms with Crippen molar-refractivity contribution in [1.29, 1.82) is 0 Å². The van der Waals surface area contributed by atoms with E-state index in [4.69, 9.17) is 5.73 Å². The van der Waals surface area contributed by atoms with Crippen molar-refractivity contribution < 1.29 is 0 Å². The van der Waals surface area contributed by atoms with Crippen LogP contribution in [0.3, 0.4) is 0 Å².